The van der Waals surface area contributed by atoms with Gasteiger partial charge in [0.15, 0.2) is 5.78 Å². The molecule has 4 nitrogen and oxygen atoms in total. The summed E-state index contributed by atoms with van der Waals surface area (Å²) in [5, 5.41) is 11.8. The zero-order valence-corrected chi connectivity index (χ0v) is 12.8. The Morgan fingerprint density at radius 3 is 2.38 bits per heavy atom. The van der Waals surface area contributed by atoms with E-state index in [4.69, 9.17) is 5.11 Å². The minimum atomic E-state index is -4.44. The molecule has 2 N–H and O–H groups in total. The lowest BCUT2D eigenvalue weighted by molar-refractivity contribution is -0.137. The first-order chi connectivity index (χ1) is 11.3. The maximum atomic E-state index is 12.5. The van der Waals surface area contributed by atoms with Crippen molar-refractivity contribution in [3.63, 3.8) is 0 Å². The van der Waals surface area contributed by atoms with E-state index in [9.17, 15) is 22.8 Å². The van der Waals surface area contributed by atoms with Crippen LogP contribution in [0.15, 0.2) is 42.1 Å². The number of aliphatic hydroxyl groups is 1. The lowest BCUT2D eigenvalue weighted by atomic mass is 10.00. The van der Waals surface area contributed by atoms with Crippen molar-refractivity contribution in [2.75, 3.05) is 5.32 Å². The molecular weight excluding hydrogens is 343 g/mol. The number of thiophene rings is 1. The van der Waals surface area contributed by atoms with Gasteiger partial charge in [-0.3, -0.25) is 9.59 Å². The normalized spacial score (nSPS) is 14.4. The topological polar surface area (TPSA) is 66.4 Å². The van der Waals surface area contributed by atoms with E-state index < -0.39 is 17.5 Å². The van der Waals surface area contributed by atoms with Gasteiger partial charge in [-0.15, -0.1) is 11.3 Å². The molecule has 0 unspecified atom stereocenters. The van der Waals surface area contributed by atoms with Crippen molar-refractivity contribution in [2.24, 2.45) is 0 Å². The van der Waals surface area contributed by atoms with Gasteiger partial charge < -0.3 is 10.4 Å². The Bertz CT molecular complexity index is 850. The van der Waals surface area contributed by atoms with Crippen LogP contribution in [0.3, 0.4) is 0 Å². The Morgan fingerprint density at radius 1 is 1.12 bits per heavy atom. The van der Waals surface area contributed by atoms with Crippen LogP contribution in [-0.4, -0.2) is 16.7 Å². The SMILES string of the molecule is O=C1C(Nc2ccc(C(F)(F)F)cc2)=CC(=O)c2sc(CO)cc21. The predicted molar refractivity (Wildman–Crippen MR) is 82.1 cm³/mol. The molecule has 1 aliphatic carbocycles. The summed E-state index contributed by atoms with van der Waals surface area (Å²) in [4.78, 5) is 25.2. The molecule has 0 spiro atoms. The van der Waals surface area contributed by atoms with Crippen LogP contribution in [0.4, 0.5) is 18.9 Å². The van der Waals surface area contributed by atoms with E-state index in [1.807, 2.05) is 0 Å². The van der Waals surface area contributed by atoms with Gasteiger partial charge >= 0.3 is 6.18 Å². The number of nitrogens with one attached hydrogen (secondary N) is 1. The van der Waals surface area contributed by atoms with E-state index in [1.165, 1.54) is 18.2 Å². The molecule has 1 aromatic carbocycles. The van der Waals surface area contributed by atoms with Gasteiger partial charge in [-0.05, 0) is 30.3 Å². The molecule has 1 heterocycles. The number of carbonyl (C=O) groups excluding carboxylic acids is 2. The molecule has 0 fully saturated rings. The largest absolute Gasteiger partial charge is 0.416 e. The molecule has 0 saturated carbocycles. The summed E-state index contributed by atoms with van der Waals surface area (Å²) in [6, 6.07) is 5.59. The molecule has 1 aliphatic rings. The van der Waals surface area contributed by atoms with Gasteiger partial charge in [-0.1, -0.05) is 0 Å². The molecular formula is C16H10F3NO3S. The molecule has 124 valence electrons. The van der Waals surface area contributed by atoms with Crippen LogP contribution < -0.4 is 5.32 Å². The maximum Gasteiger partial charge on any atom is 0.416 e. The monoisotopic (exact) mass is 353 g/mol. The van der Waals surface area contributed by atoms with E-state index in [0.29, 0.717) is 4.88 Å². The number of hydrogen-bond acceptors (Lipinski definition) is 5. The van der Waals surface area contributed by atoms with Crippen LogP contribution in [-0.2, 0) is 12.8 Å². The highest BCUT2D eigenvalue weighted by atomic mass is 32.1. The number of benzene rings is 1. The fourth-order valence-electron chi connectivity index (χ4n) is 2.27. The van der Waals surface area contributed by atoms with Crippen LogP contribution in [0.1, 0.15) is 30.5 Å². The number of Topliss-reactive ketones (excluding diaryl/α,β-unsaturated/α-hetero) is 1. The van der Waals surface area contributed by atoms with Gasteiger partial charge in [-0.25, -0.2) is 0 Å². The van der Waals surface area contributed by atoms with Gasteiger partial charge in [0.25, 0.3) is 0 Å². The number of ketones is 2. The molecule has 8 heteroatoms. The first-order valence-corrected chi connectivity index (χ1v) is 7.60. The number of carbonyl (C=O) groups is 2. The third kappa shape index (κ3) is 2.98. The molecule has 0 bridgehead atoms. The molecule has 0 atom stereocenters. The number of anilines is 1. The number of rotatable bonds is 3. The molecule has 0 radical (unpaired) electrons. The van der Waals surface area contributed by atoms with Gasteiger partial charge in [-0.2, -0.15) is 13.2 Å². The molecule has 0 saturated heterocycles. The number of alkyl halides is 3. The number of halogens is 3. The number of fused-ring (bicyclic) bond motifs is 1. The second kappa shape index (κ2) is 5.88. The third-order valence-electron chi connectivity index (χ3n) is 3.42. The van der Waals surface area contributed by atoms with Crippen molar-refractivity contribution in [3.8, 4) is 0 Å². The Labute approximate surface area is 138 Å². The number of allylic oxidation sites excluding steroid dienone is 2. The highest BCUT2D eigenvalue weighted by Crippen LogP contribution is 2.32. The second-order valence-electron chi connectivity index (χ2n) is 5.07. The lowest BCUT2D eigenvalue weighted by Gasteiger charge is -2.14. The van der Waals surface area contributed by atoms with Crippen LogP contribution in [0.2, 0.25) is 0 Å². The Kier molecular flexibility index (Phi) is 4.02. The van der Waals surface area contributed by atoms with Crippen molar-refractivity contribution >= 4 is 28.6 Å². The van der Waals surface area contributed by atoms with Crippen molar-refractivity contribution < 1.29 is 27.9 Å². The molecule has 24 heavy (non-hydrogen) atoms. The second-order valence-corrected chi connectivity index (χ2v) is 6.20. The first kappa shape index (κ1) is 16.4. The Balaban J connectivity index is 1.85. The molecule has 3 rings (SSSR count). The molecule has 0 amide bonds. The number of hydrogen-bond donors (Lipinski definition) is 2. The van der Waals surface area contributed by atoms with Gasteiger partial charge in [0.05, 0.1) is 22.7 Å². The zero-order chi connectivity index (χ0) is 17.5. The van der Waals surface area contributed by atoms with Crippen molar-refractivity contribution in [1.82, 2.24) is 0 Å². The van der Waals surface area contributed by atoms with E-state index in [1.54, 1.807) is 0 Å². The van der Waals surface area contributed by atoms with Gasteiger partial charge in [0, 0.05) is 22.2 Å². The summed E-state index contributed by atoms with van der Waals surface area (Å²) in [6.07, 6.45) is -3.33. The third-order valence-corrected chi connectivity index (χ3v) is 4.55. The zero-order valence-electron chi connectivity index (χ0n) is 12.0. The summed E-state index contributed by atoms with van der Waals surface area (Å²) >= 11 is 1.04. The van der Waals surface area contributed by atoms with E-state index in [-0.39, 0.29) is 34.2 Å². The molecule has 1 aromatic heterocycles. The minimum Gasteiger partial charge on any atom is -0.391 e. The maximum absolute atomic E-state index is 12.5. The Hall–Kier alpha value is -2.45. The summed E-state index contributed by atoms with van der Waals surface area (Å²) in [7, 11) is 0. The van der Waals surface area contributed by atoms with Gasteiger partial charge in [0.2, 0.25) is 5.78 Å². The first-order valence-electron chi connectivity index (χ1n) is 6.78. The average molecular weight is 353 g/mol. The lowest BCUT2D eigenvalue weighted by Crippen LogP contribution is -2.19. The number of aliphatic hydroxyl groups excluding tert-OH is 1. The van der Waals surface area contributed by atoms with Crippen molar-refractivity contribution in [1.29, 1.82) is 0 Å². The van der Waals surface area contributed by atoms with Crippen LogP contribution >= 0.6 is 11.3 Å². The molecule has 0 aliphatic heterocycles. The minimum absolute atomic E-state index is 0.0189. The quantitative estimate of drug-likeness (QED) is 0.884. The summed E-state index contributed by atoms with van der Waals surface area (Å²) in [6.45, 7) is -0.278. The van der Waals surface area contributed by atoms with Crippen LogP contribution in [0.5, 0.6) is 0 Å². The van der Waals surface area contributed by atoms with Crippen molar-refractivity contribution in [2.45, 2.75) is 12.8 Å². The standard InChI is InChI=1S/C16H10F3NO3S/c17-16(18,19)8-1-3-9(4-2-8)20-12-6-13(22)15-11(14(12)23)5-10(7-21)24-15/h1-6,20-21H,7H2. The van der Waals surface area contributed by atoms with E-state index in [2.05, 4.69) is 5.32 Å². The highest BCUT2D eigenvalue weighted by Gasteiger charge is 2.31. The van der Waals surface area contributed by atoms with E-state index >= 15 is 0 Å². The summed E-state index contributed by atoms with van der Waals surface area (Å²) in [5.41, 5.74) is -0.377. The average Bonchev–Trinajstić information content (AvgIpc) is 2.97. The highest BCUT2D eigenvalue weighted by molar-refractivity contribution is 7.14. The van der Waals surface area contributed by atoms with Gasteiger partial charge in [0.1, 0.15) is 0 Å². The Morgan fingerprint density at radius 2 is 1.79 bits per heavy atom. The van der Waals surface area contributed by atoms with E-state index in [0.717, 1.165) is 29.5 Å². The fourth-order valence-corrected chi connectivity index (χ4v) is 3.19. The molecule has 2 aromatic rings. The van der Waals surface area contributed by atoms with Crippen LogP contribution in [0.25, 0.3) is 0 Å². The smallest absolute Gasteiger partial charge is 0.391 e. The summed E-state index contributed by atoms with van der Waals surface area (Å²) in [5.74, 6) is -0.829. The van der Waals surface area contributed by atoms with Crippen LogP contribution in [0, 0.1) is 0 Å². The van der Waals surface area contributed by atoms with Crippen molar-refractivity contribution in [3.05, 3.63) is 63.0 Å². The summed E-state index contributed by atoms with van der Waals surface area (Å²) < 4.78 is 37.6. The fraction of sp³-hybridized carbons (Fsp3) is 0.125. The predicted octanol–water partition coefficient (Wildman–Crippen LogP) is 3.63.